The number of hydrogen-bond donors (Lipinski definition) is 2. The quantitative estimate of drug-likeness (QED) is 0.615. The van der Waals surface area contributed by atoms with Crippen molar-refractivity contribution in [3.05, 3.63) is 0 Å². The molecular weight excluding hydrogens is 276 g/mol. The highest BCUT2D eigenvalue weighted by atomic mass is 16.5. The summed E-state index contributed by atoms with van der Waals surface area (Å²) in [5.74, 6) is 0.658. The van der Waals surface area contributed by atoms with E-state index in [0.717, 1.165) is 32.8 Å². The fraction of sp³-hybridized carbons (Fsp3) is 0.941. The Morgan fingerprint density at radius 2 is 1.77 bits per heavy atom. The fourth-order valence-corrected chi connectivity index (χ4v) is 4.38. The average Bonchev–Trinajstić information content (AvgIpc) is 3.08. The van der Waals surface area contributed by atoms with Crippen LogP contribution in [0.2, 0.25) is 0 Å². The van der Waals surface area contributed by atoms with Crippen LogP contribution in [0.3, 0.4) is 0 Å². The largest absolute Gasteiger partial charge is 0.379 e. The van der Waals surface area contributed by atoms with Crippen molar-refractivity contribution in [2.24, 2.45) is 10.7 Å². The second kappa shape index (κ2) is 7.64. The van der Waals surface area contributed by atoms with Gasteiger partial charge in [0.2, 0.25) is 0 Å². The molecule has 1 saturated heterocycles. The van der Waals surface area contributed by atoms with E-state index in [4.69, 9.17) is 15.5 Å². The minimum absolute atomic E-state index is 0.226. The lowest BCUT2D eigenvalue weighted by atomic mass is 9.80. The highest BCUT2D eigenvalue weighted by Crippen LogP contribution is 2.34. The SMILES string of the molecule is NC(=NCC1(N2CCOCC2)CCCCC1)NC1CCCC1. The molecular formula is C17H32N4O. The maximum atomic E-state index is 6.15. The smallest absolute Gasteiger partial charge is 0.188 e. The normalized spacial score (nSPS) is 27.9. The van der Waals surface area contributed by atoms with E-state index in [1.807, 2.05) is 0 Å². The standard InChI is InChI=1S/C17H32N4O/c18-16(20-15-6-2-3-7-15)19-14-17(8-4-1-5-9-17)21-10-12-22-13-11-21/h15H,1-14H2,(H3,18,19,20). The van der Waals surface area contributed by atoms with Crippen LogP contribution in [0.4, 0.5) is 0 Å². The van der Waals surface area contributed by atoms with Gasteiger partial charge in [-0.05, 0) is 25.7 Å². The number of guanidine groups is 1. The Morgan fingerprint density at radius 3 is 2.45 bits per heavy atom. The van der Waals surface area contributed by atoms with Crippen molar-refractivity contribution in [2.75, 3.05) is 32.8 Å². The van der Waals surface area contributed by atoms with Crippen molar-refractivity contribution in [3.8, 4) is 0 Å². The molecule has 1 aliphatic heterocycles. The lowest BCUT2D eigenvalue weighted by Crippen LogP contribution is -2.56. The Balaban J connectivity index is 1.61. The van der Waals surface area contributed by atoms with E-state index in [1.54, 1.807) is 0 Å². The first kappa shape index (κ1) is 16.1. The van der Waals surface area contributed by atoms with Crippen LogP contribution < -0.4 is 11.1 Å². The van der Waals surface area contributed by atoms with Crippen LogP contribution in [0.25, 0.3) is 0 Å². The van der Waals surface area contributed by atoms with Crippen LogP contribution >= 0.6 is 0 Å². The van der Waals surface area contributed by atoms with Crippen LogP contribution in [0, 0.1) is 0 Å². The lowest BCUT2D eigenvalue weighted by Gasteiger charge is -2.47. The van der Waals surface area contributed by atoms with E-state index in [1.165, 1.54) is 57.8 Å². The summed E-state index contributed by atoms with van der Waals surface area (Å²) in [4.78, 5) is 7.39. The molecule has 1 heterocycles. The van der Waals surface area contributed by atoms with Gasteiger partial charge in [0.1, 0.15) is 0 Å². The van der Waals surface area contributed by atoms with Crippen LogP contribution in [-0.2, 0) is 4.74 Å². The Labute approximate surface area is 134 Å². The van der Waals surface area contributed by atoms with Gasteiger partial charge in [0, 0.05) is 24.7 Å². The molecule has 0 aromatic heterocycles. The molecule has 0 unspecified atom stereocenters. The Bertz CT molecular complexity index is 367. The van der Waals surface area contributed by atoms with Crippen LogP contribution in [0.1, 0.15) is 57.8 Å². The van der Waals surface area contributed by atoms with Gasteiger partial charge in [-0.25, -0.2) is 0 Å². The van der Waals surface area contributed by atoms with E-state index < -0.39 is 0 Å². The van der Waals surface area contributed by atoms with Gasteiger partial charge in [0.05, 0.1) is 19.8 Å². The lowest BCUT2D eigenvalue weighted by molar-refractivity contribution is -0.0333. The molecule has 0 amide bonds. The van der Waals surface area contributed by atoms with Crippen molar-refractivity contribution < 1.29 is 4.74 Å². The molecule has 3 rings (SSSR count). The summed E-state index contributed by atoms with van der Waals surface area (Å²) >= 11 is 0. The summed E-state index contributed by atoms with van der Waals surface area (Å²) in [6.07, 6.45) is 11.7. The summed E-state index contributed by atoms with van der Waals surface area (Å²) in [5, 5.41) is 3.42. The maximum Gasteiger partial charge on any atom is 0.188 e. The molecule has 5 heteroatoms. The predicted octanol–water partition coefficient (Wildman–Crippen LogP) is 1.87. The van der Waals surface area contributed by atoms with Gasteiger partial charge in [0.25, 0.3) is 0 Å². The number of rotatable bonds is 4. The number of nitrogens with one attached hydrogen (secondary N) is 1. The number of morpholine rings is 1. The summed E-state index contributed by atoms with van der Waals surface area (Å²) in [7, 11) is 0. The maximum absolute atomic E-state index is 6.15. The molecule has 0 bridgehead atoms. The molecule has 3 fully saturated rings. The van der Waals surface area contributed by atoms with Crippen LogP contribution in [0.5, 0.6) is 0 Å². The third kappa shape index (κ3) is 3.93. The highest BCUT2D eigenvalue weighted by Gasteiger charge is 2.38. The summed E-state index contributed by atoms with van der Waals surface area (Å²) in [6.45, 7) is 4.66. The van der Waals surface area contributed by atoms with Crippen molar-refractivity contribution >= 4 is 5.96 Å². The molecule has 0 radical (unpaired) electrons. The number of nitrogens with two attached hydrogens (primary N) is 1. The molecule has 0 atom stereocenters. The second-order valence-corrected chi connectivity index (χ2v) is 7.21. The molecule has 22 heavy (non-hydrogen) atoms. The number of aliphatic imine (C=N–C) groups is 1. The fourth-order valence-electron chi connectivity index (χ4n) is 4.38. The zero-order chi connectivity index (χ0) is 15.3. The Hall–Kier alpha value is -0.810. The zero-order valence-electron chi connectivity index (χ0n) is 13.9. The first-order valence-corrected chi connectivity index (χ1v) is 9.18. The van der Waals surface area contributed by atoms with Gasteiger partial charge in [-0.3, -0.25) is 9.89 Å². The van der Waals surface area contributed by atoms with Crippen molar-refractivity contribution in [1.82, 2.24) is 10.2 Å². The first-order valence-electron chi connectivity index (χ1n) is 9.18. The molecule has 126 valence electrons. The summed E-state index contributed by atoms with van der Waals surface area (Å²) in [6, 6.07) is 0.550. The highest BCUT2D eigenvalue weighted by molar-refractivity contribution is 5.78. The Morgan fingerprint density at radius 1 is 1.09 bits per heavy atom. The van der Waals surface area contributed by atoms with Gasteiger partial charge >= 0.3 is 0 Å². The van der Waals surface area contributed by atoms with Gasteiger partial charge in [-0.1, -0.05) is 32.1 Å². The van der Waals surface area contributed by atoms with E-state index in [0.29, 0.717) is 12.0 Å². The second-order valence-electron chi connectivity index (χ2n) is 7.21. The summed E-state index contributed by atoms with van der Waals surface area (Å²) in [5.41, 5.74) is 6.38. The third-order valence-electron chi connectivity index (χ3n) is 5.72. The van der Waals surface area contributed by atoms with E-state index in [-0.39, 0.29) is 5.54 Å². The van der Waals surface area contributed by atoms with Crippen LogP contribution in [-0.4, -0.2) is 55.3 Å². The van der Waals surface area contributed by atoms with Crippen molar-refractivity contribution in [2.45, 2.75) is 69.4 Å². The van der Waals surface area contributed by atoms with Gasteiger partial charge < -0.3 is 15.8 Å². The molecule has 0 aromatic rings. The number of ether oxygens (including phenoxy) is 1. The first-order chi connectivity index (χ1) is 10.8. The van der Waals surface area contributed by atoms with Gasteiger partial charge in [0.15, 0.2) is 5.96 Å². The van der Waals surface area contributed by atoms with E-state index in [9.17, 15) is 0 Å². The van der Waals surface area contributed by atoms with E-state index >= 15 is 0 Å². The predicted molar refractivity (Wildman–Crippen MR) is 90.1 cm³/mol. The minimum atomic E-state index is 0.226. The van der Waals surface area contributed by atoms with Crippen molar-refractivity contribution in [1.29, 1.82) is 0 Å². The Kier molecular flexibility index (Phi) is 5.58. The van der Waals surface area contributed by atoms with E-state index in [2.05, 4.69) is 10.2 Å². The van der Waals surface area contributed by atoms with Gasteiger partial charge in [-0.15, -0.1) is 0 Å². The zero-order valence-corrected chi connectivity index (χ0v) is 13.9. The molecule has 2 aliphatic carbocycles. The van der Waals surface area contributed by atoms with Crippen molar-refractivity contribution in [3.63, 3.8) is 0 Å². The molecule has 0 spiro atoms. The number of nitrogens with zero attached hydrogens (tertiary/aromatic N) is 2. The van der Waals surface area contributed by atoms with Crippen LogP contribution in [0.15, 0.2) is 4.99 Å². The summed E-state index contributed by atoms with van der Waals surface area (Å²) < 4.78 is 5.54. The monoisotopic (exact) mass is 308 g/mol. The molecule has 3 aliphatic rings. The van der Waals surface area contributed by atoms with Gasteiger partial charge in [-0.2, -0.15) is 0 Å². The minimum Gasteiger partial charge on any atom is -0.379 e. The topological polar surface area (TPSA) is 62.9 Å². The number of hydrogen-bond acceptors (Lipinski definition) is 3. The molecule has 3 N–H and O–H groups in total. The molecule has 0 aromatic carbocycles. The average molecular weight is 308 g/mol. The molecule has 5 nitrogen and oxygen atoms in total. The third-order valence-corrected chi connectivity index (χ3v) is 5.72. The molecule has 2 saturated carbocycles.